The summed E-state index contributed by atoms with van der Waals surface area (Å²) in [5.41, 5.74) is -2.09. The molecule has 0 aromatic carbocycles. The van der Waals surface area contributed by atoms with Crippen LogP contribution < -0.4 is 5.32 Å². The van der Waals surface area contributed by atoms with E-state index in [-0.39, 0.29) is 43.3 Å². The van der Waals surface area contributed by atoms with E-state index in [1.165, 1.54) is 20.8 Å². The number of nitrogens with one attached hydrogen (secondary N) is 1. The molecule has 6 heterocycles. The van der Waals surface area contributed by atoms with Crippen molar-refractivity contribution < 1.29 is 138 Å². The van der Waals surface area contributed by atoms with E-state index in [4.69, 9.17) is 52.1 Å². The van der Waals surface area contributed by atoms with E-state index in [9.17, 15) is 86.2 Å². The highest BCUT2D eigenvalue weighted by molar-refractivity contribution is 5.79. The molecule has 6 saturated heterocycles. The van der Waals surface area contributed by atoms with Gasteiger partial charge in [-0.25, -0.2) is 0 Å². The molecule has 0 bridgehead atoms. The fourth-order valence-corrected chi connectivity index (χ4v) is 11.4. The molecule has 29 heteroatoms. The molecule has 9 unspecified atom stereocenters. The lowest BCUT2D eigenvalue weighted by atomic mass is 9.82. The Morgan fingerprint density at radius 3 is 1.83 bits per heavy atom. The zero-order valence-corrected chi connectivity index (χ0v) is 48.0. The second-order valence-electron chi connectivity index (χ2n) is 23.4. The summed E-state index contributed by atoms with van der Waals surface area (Å²) in [6.07, 6.45) is -37.9. The second kappa shape index (κ2) is 30.8. The lowest BCUT2D eigenvalue weighted by molar-refractivity contribution is -0.373. The molecule has 0 aliphatic carbocycles. The number of aliphatic hydroxyl groups is 15. The summed E-state index contributed by atoms with van der Waals surface area (Å²) in [4.78, 5) is 27.7. The van der Waals surface area contributed by atoms with Gasteiger partial charge in [0, 0.05) is 25.2 Å². The first-order valence-corrected chi connectivity index (χ1v) is 28.8. The average Bonchev–Trinajstić information content (AvgIpc) is 3.98. The normalized spacial score (nSPS) is 44.6. The number of hydrogen-bond acceptors (Lipinski definition) is 28. The average molecular weight is 1200 g/mol. The predicted molar refractivity (Wildman–Crippen MR) is 279 cm³/mol. The van der Waals surface area contributed by atoms with E-state index in [0.29, 0.717) is 12.8 Å². The number of rotatable bonds is 28. The Balaban J connectivity index is 1.13. The quantitative estimate of drug-likeness (QED) is 0.0325. The first-order chi connectivity index (χ1) is 39.1. The summed E-state index contributed by atoms with van der Waals surface area (Å²) in [5, 5.41) is 165. The van der Waals surface area contributed by atoms with E-state index in [1.54, 1.807) is 19.9 Å². The Bertz CT molecular complexity index is 2020. The number of carbonyl (C=O) groups is 2. The number of hydrogen-bond donors (Lipinski definition) is 16. The highest BCUT2D eigenvalue weighted by Crippen LogP contribution is 2.37. The van der Waals surface area contributed by atoms with E-state index in [2.05, 4.69) is 11.9 Å². The van der Waals surface area contributed by atoms with Gasteiger partial charge in [0.2, 0.25) is 5.91 Å². The van der Waals surface area contributed by atoms with Gasteiger partial charge in [-0.1, -0.05) is 40.2 Å². The van der Waals surface area contributed by atoms with Gasteiger partial charge >= 0.3 is 0 Å². The van der Waals surface area contributed by atoms with Crippen molar-refractivity contribution in [1.82, 2.24) is 5.32 Å². The van der Waals surface area contributed by atoms with Gasteiger partial charge in [0.25, 0.3) is 0 Å². The van der Waals surface area contributed by atoms with Crippen molar-refractivity contribution in [3.8, 4) is 0 Å². The van der Waals surface area contributed by atoms with E-state index in [0.717, 1.165) is 0 Å². The van der Waals surface area contributed by atoms with Gasteiger partial charge in [0.15, 0.2) is 31.5 Å². The van der Waals surface area contributed by atoms with Crippen LogP contribution >= 0.6 is 0 Å². The second-order valence-corrected chi connectivity index (χ2v) is 23.4. The topological polar surface area (TPSA) is 451 Å². The highest BCUT2D eigenvalue weighted by Gasteiger charge is 2.56. The van der Waals surface area contributed by atoms with Crippen LogP contribution in [0.25, 0.3) is 0 Å². The van der Waals surface area contributed by atoms with Crippen LogP contribution in [0.15, 0.2) is 12.7 Å². The third-order valence-electron chi connectivity index (χ3n) is 17.1. The Labute approximate surface area is 481 Å². The molecule has 6 aliphatic rings. The molecule has 16 N–H and O–H groups in total. The van der Waals surface area contributed by atoms with Crippen LogP contribution in [0, 0.1) is 17.8 Å². The highest BCUT2D eigenvalue weighted by atomic mass is 16.8. The van der Waals surface area contributed by atoms with Gasteiger partial charge < -0.3 is 134 Å². The Morgan fingerprint density at radius 2 is 1.23 bits per heavy atom. The Hall–Kier alpha value is -2.16. The lowest BCUT2D eigenvalue weighted by Gasteiger charge is -2.50. The molecule has 0 saturated carbocycles. The van der Waals surface area contributed by atoms with Crippen molar-refractivity contribution in [1.29, 1.82) is 0 Å². The number of aliphatic hydroxyl groups excluding tert-OH is 14. The Morgan fingerprint density at radius 1 is 0.639 bits per heavy atom. The van der Waals surface area contributed by atoms with Gasteiger partial charge in [-0.05, 0) is 45.4 Å². The van der Waals surface area contributed by atoms with Crippen LogP contribution in [0.4, 0.5) is 0 Å². The summed E-state index contributed by atoms with van der Waals surface area (Å²) in [5.74, 6) is -2.12. The molecule has 0 spiro atoms. The van der Waals surface area contributed by atoms with Crippen LogP contribution in [0.1, 0.15) is 93.4 Å². The zero-order chi connectivity index (χ0) is 61.5. The van der Waals surface area contributed by atoms with Crippen molar-refractivity contribution >= 4 is 11.7 Å². The zero-order valence-electron chi connectivity index (χ0n) is 48.0. The maximum absolute atomic E-state index is 14.1. The van der Waals surface area contributed by atoms with E-state index < -0.39 is 222 Å². The molecule has 32 atom stereocenters. The molecule has 1 amide bonds. The van der Waals surface area contributed by atoms with Gasteiger partial charge in [-0.15, -0.1) is 6.58 Å². The largest absolute Gasteiger partial charge is 0.394 e. The maximum atomic E-state index is 14.1. The number of carbonyl (C=O) groups excluding carboxylic acids is 2. The van der Waals surface area contributed by atoms with Crippen molar-refractivity contribution in [3.63, 3.8) is 0 Å². The third-order valence-corrected chi connectivity index (χ3v) is 17.1. The first kappa shape index (κ1) is 69.9. The van der Waals surface area contributed by atoms with Crippen molar-refractivity contribution in [2.24, 2.45) is 17.8 Å². The molecule has 29 nitrogen and oxygen atoms in total. The smallest absolute Gasteiger partial charge is 0.223 e. The number of amides is 1. The fourth-order valence-electron chi connectivity index (χ4n) is 11.4. The molecule has 0 aromatic heterocycles. The molecule has 482 valence electrons. The number of Topliss-reactive ketones (excluding diaryl/α,β-unsaturated/α-hetero) is 1. The molecule has 6 rings (SSSR count). The van der Waals surface area contributed by atoms with Crippen molar-refractivity contribution in [2.75, 3.05) is 26.4 Å². The van der Waals surface area contributed by atoms with Crippen LogP contribution in [0.5, 0.6) is 0 Å². The molecule has 0 radical (unpaired) electrons. The molecule has 6 aliphatic heterocycles. The lowest BCUT2D eigenvalue weighted by Crippen LogP contribution is -2.69. The SMILES string of the molecule is C=C[C@@H](C)[C@H](C[C@H](O)CC(=O)C[C@@H](C[C@H](O)CC(=O)N[C@H]1C(CO)O[C@@H](C)[C@H](O[C@@H]2OC(C)[C@H](O[C@@H]3OC[C@@H](O)C(O[C@@H]4OCC(O)(CO)[C@@H]4O)[C@H]3O)C(O)[C@@H]2O)C1O[C@@H]1OC(C)[C@H](O)[C@H](O)C1O)[C@H](C)CC)O[C@@H]1O[C@@H](CC)C(O)[C@@H]1O. The fraction of sp³-hybridized carbons (Fsp3) is 0.926. The monoisotopic (exact) mass is 1200 g/mol. The first-order valence-electron chi connectivity index (χ1n) is 28.8. The predicted octanol–water partition coefficient (Wildman–Crippen LogP) is -5.43. The number of ether oxygens (including phenoxy) is 11. The maximum Gasteiger partial charge on any atom is 0.223 e. The third kappa shape index (κ3) is 16.8. The summed E-state index contributed by atoms with van der Waals surface area (Å²) in [6, 6.07) is -1.44. The molecule has 6 fully saturated rings. The van der Waals surface area contributed by atoms with Gasteiger partial charge in [0.1, 0.15) is 103 Å². The minimum absolute atomic E-state index is 0.0389. The molecular formula is C54H93NO28. The number of ketones is 1. The van der Waals surface area contributed by atoms with Crippen LogP contribution in [0.2, 0.25) is 0 Å². The Kier molecular flexibility index (Phi) is 26.0. The van der Waals surface area contributed by atoms with Crippen LogP contribution in [0.3, 0.4) is 0 Å². The summed E-state index contributed by atoms with van der Waals surface area (Å²) in [7, 11) is 0. The van der Waals surface area contributed by atoms with Crippen molar-refractivity contribution in [2.45, 2.75) is 271 Å². The van der Waals surface area contributed by atoms with Gasteiger partial charge in [0.05, 0.1) is 81.6 Å². The summed E-state index contributed by atoms with van der Waals surface area (Å²) >= 11 is 0. The van der Waals surface area contributed by atoms with Gasteiger partial charge in [-0.3, -0.25) is 9.59 Å². The van der Waals surface area contributed by atoms with E-state index in [1.807, 2.05) is 13.8 Å². The summed E-state index contributed by atoms with van der Waals surface area (Å²) < 4.78 is 64.6. The van der Waals surface area contributed by atoms with Crippen LogP contribution in [-0.2, 0) is 61.7 Å². The minimum atomic E-state index is -2.09. The van der Waals surface area contributed by atoms with Crippen molar-refractivity contribution in [3.05, 3.63) is 12.7 Å². The molecule has 83 heavy (non-hydrogen) atoms. The van der Waals surface area contributed by atoms with Gasteiger partial charge in [-0.2, -0.15) is 0 Å². The minimum Gasteiger partial charge on any atom is -0.394 e. The standard InChI is InChI=1S/C54H93NO28/c1-9-21(4)26(12-27(58)14-29(60)15-32(22(5)10-2)79-52-40(67)37(64)31(11-3)78-52)13-28(59)16-34(62)55-35-33(17-56)75-25(8)45(47(35)83-50-41(68)38(65)36(63)23(6)76-50)81-51-42(69)39(66)44(24(7)77-51)80-49-43(70)46(30(61)18-73-49)82-53-48(71)54(72,19-57)20-74-53/h10,21-26,28-33,35-53,56-57,59-61,63-72H,2,9,11-20H2,1,3-8H3,(H,55,62)/t21-,22-,23?,24?,25+,26+,28+,29-,30-,31+,32+,33?,35+,36+,37?,38+,39?,40+,41?,42+,43-,44+,45+,46?,47?,48-,49+,50+,51+,52+,53+,54?/m1/s1. The molecular weight excluding hydrogens is 1110 g/mol. The van der Waals surface area contributed by atoms with E-state index >= 15 is 0 Å². The van der Waals surface area contributed by atoms with Crippen LogP contribution in [-0.4, -0.2) is 292 Å². The molecule has 0 aromatic rings. The summed E-state index contributed by atoms with van der Waals surface area (Å²) in [6.45, 7) is 12.7.